The predicted molar refractivity (Wildman–Crippen MR) is 107 cm³/mol. The van der Waals surface area contributed by atoms with Gasteiger partial charge in [0, 0.05) is 0 Å². The number of hydrogen-bond acceptors (Lipinski definition) is 4. The number of methoxy groups -OCH3 is 1. The molecule has 1 aliphatic rings. The number of rotatable bonds is 7. The summed E-state index contributed by atoms with van der Waals surface area (Å²) in [5.74, 6) is -8.29. The van der Waals surface area contributed by atoms with Crippen LogP contribution in [-0.4, -0.2) is 46.8 Å². The van der Waals surface area contributed by atoms with Crippen LogP contribution in [0.3, 0.4) is 0 Å². The van der Waals surface area contributed by atoms with Gasteiger partial charge in [-0.05, 0) is 0 Å². The normalized spacial score (nSPS) is 24.8. The van der Waals surface area contributed by atoms with Crippen molar-refractivity contribution in [2.45, 2.75) is 37.6 Å². The van der Waals surface area contributed by atoms with Crippen molar-refractivity contribution in [3.05, 3.63) is 53.8 Å². The van der Waals surface area contributed by atoms with Gasteiger partial charge in [-0.3, -0.25) is 0 Å². The second-order valence-electron chi connectivity index (χ2n) is 7.38. The van der Waals surface area contributed by atoms with Crippen molar-refractivity contribution in [3.63, 3.8) is 0 Å². The van der Waals surface area contributed by atoms with E-state index in [2.05, 4.69) is 20.3 Å². The van der Waals surface area contributed by atoms with Crippen molar-refractivity contribution in [3.8, 4) is 5.75 Å². The van der Waals surface area contributed by atoms with Gasteiger partial charge in [0.2, 0.25) is 0 Å². The SMILES string of the molecule is O.[CH-]=C/C(=C\[C](=[Ni])C(N)=O)NC(=O)[C@H]1O[C@@](C)(C(F)(F)F)[C@H](C)[C@@H]1c1ccc(F)c(F)c1OC. The topological polar surface area (TPSA) is 122 Å². The molecule has 0 aromatic heterocycles. The number of alkyl halides is 3. The molecule has 0 bridgehead atoms. The Labute approximate surface area is 199 Å². The fraction of sp³-hybridized carbons (Fsp3) is 0.381. The number of carbonyl (C=O) groups excluding carboxylic acids is 2. The molecule has 0 saturated carbocycles. The minimum atomic E-state index is -4.92. The summed E-state index contributed by atoms with van der Waals surface area (Å²) in [6.45, 7) is 7.32. The van der Waals surface area contributed by atoms with Gasteiger partial charge in [-0.25, -0.2) is 0 Å². The van der Waals surface area contributed by atoms with Crippen LogP contribution >= 0.6 is 0 Å². The van der Waals surface area contributed by atoms with Gasteiger partial charge >= 0.3 is 194 Å². The monoisotopic (exact) mass is 535 g/mol. The van der Waals surface area contributed by atoms with Crippen LogP contribution in [0.1, 0.15) is 25.3 Å². The Morgan fingerprint density at radius 3 is 2.38 bits per heavy atom. The van der Waals surface area contributed by atoms with Gasteiger partial charge in [-0.1, -0.05) is 0 Å². The number of benzene rings is 1. The van der Waals surface area contributed by atoms with E-state index in [1.165, 1.54) is 6.92 Å². The van der Waals surface area contributed by atoms with Gasteiger partial charge in [0.25, 0.3) is 0 Å². The van der Waals surface area contributed by atoms with E-state index in [4.69, 9.17) is 21.8 Å². The van der Waals surface area contributed by atoms with Crippen LogP contribution in [0.5, 0.6) is 5.75 Å². The Bertz CT molecular complexity index is 1030. The molecule has 1 aromatic carbocycles. The van der Waals surface area contributed by atoms with Gasteiger partial charge in [-0.2, -0.15) is 0 Å². The van der Waals surface area contributed by atoms with E-state index >= 15 is 0 Å². The van der Waals surface area contributed by atoms with Crippen LogP contribution in [0, 0.1) is 24.1 Å². The number of halogens is 5. The van der Waals surface area contributed by atoms with E-state index in [0.29, 0.717) is 6.07 Å². The summed E-state index contributed by atoms with van der Waals surface area (Å²) in [7, 11) is 1.01. The molecular formula is C21H22F5N2NiO5-. The van der Waals surface area contributed by atoms with Crippen molar-refractivity contribution in [2.24, 2.45) is 11.7 Å². The summed E-state index contributed by atoms with van der Waals surface area (Å²) in [6.07, 6.45) is -4.96. The molecule has 4 atom stereocenters. The molecule has 0 radical (unpaired) electrons. The van der Waals surface area contributed by atoms with Crippen molar-refractivity contribution in [1.82, 2.24) is 5.32 Å². The third kappa shape index (κ3) is 5.37. The second-order valence-corrected chi connectivity index (χ2v) is 7.91. The number of amides is 2. The number of primary amides is 1. The molecule has 7 nitrogen and oxygen atoms in total. The second kappa shape index (κ2) is 10.8. The molecule has 0 spiro atoms. The van der Waals surface area contributed by atoms with Crippen LogP contribution in [0.15, 0.2) is 30.0 Å². The molecule has 0 unspecified atom stereocenters. The molecule has 1 aliphatic heterocycles. The zero-order valence-corrected chi connectivity index (χ0v) is 19.0. The number of carbonyl (C=O) groups is 2. The van der Waals surface area contributed by atoms with Gasteiger partial charge in [0.05, 0.1) is 0 Å². The quantitative estimate of drug-likeness (QED) is 0.239. The summed E-state index contributed by atoms with van der Waals surface area (Å²) < 4.78 is 79.5. The average molecular weight is 536 g/mol. The van der Waals surface area contributed by atoms with Crippen LogP contribution in [0.25, 0.3) is 0 Å². The Kier molecular flexibility index (Phi) is 9.30. The van der Waals surface area contributed by atoms with E-state index in [9.17, 15) is 31.5 Å². The van der Waals surface area contributed by atoms with Crippen LogP contribution in [0.2, 0.25) is 0 Å². The molecule has 2 rings (SSSR count). The van der Waals surface area contributed by atoms with Gasteiger partial charge in [-0.15, -0.1) is 0 Å². The molecule has 1 fully saturated rings. The zero-order chi connectivity index (χ0) is 25.3. The zero-order valence-electron chi connectivity index (χ0n) is 18.0. The van der Waals surface area contributed by atoms with Gasteiger partial charge in [0.1, 0.15) is 0 Å². The third-order valence-corrected chi connectivity index (χ3v) is 5.90. The summed E-state index contributed by atoms with van der Waals surface area (Å²) in [6, 6.07) is 1.74. The average Bonchev–Trinajstić information content (AvgIpc) is 3.01. The fourth-order valence-electron chi connectivity index (χ4n) is 3.58. The van der Waals surface area contributed by atoms with Crippen molar-refractivity contribution in [1.29, 1.82) is 0 Å². The molecule has 13 heteroatoms. The van der Waals surface area contributed by atoms with Crippen molar-refractivity contribution >= 4 is 16.3 Å². The van der Waals surface area contributed by atoms with Crippen LogP contribution in [0.4, 0.5) is 22.0 Å². The summed E-state index contributed by atoms with van der Waals surface area (Å²) in [5, 5.41) is 2.22. The molecule has 2 amide bonds. The standard InChI is InChI=1S/C21H20F5N2O4.Ni.H2O/c1-5-11(6-9-14(27)29)28-19(30)18-15(10(2)20(3,32-18)21(24,25)26)12-7-8-13(22)16(23)17(12)31-4;;/h1,5-8,10,15,18H,2-4H3,(H2,27,29)(H,28,30);;1H2/q-1;;/b11-6+;;/t10-,15-,18+,20-;;/m1../s1. The van der Waals surface area contributed by atoms with Gasteiger partial charge in [0.15, 0.2) is 0 Å². The van der Waals surface area contributed by atoms with Crippen molar-refractivity contribution in [2.75, 3.05) is 7.11 Å². The first-order valence-electron chi connectivity index (χ1n) is 9.32. The van der Waals surface area contributed by atoms with Crippen molar-refractivity contribution < 1.29 is 61.5 Å². The first kappa shape index (κ1) is 29.4. The Hall–Kier alpha value is -2.63. The van der Waals surface area contributed by atoms with E-state index < -0.39 is 58.9 Å². The molecule has 1 aromatic rings. The van der Waals surface area contributed by atoms with Crippen LogP contribution in [-0.2, 0) is 29.4 Å². The number of ether oxygens (including phenoxy) is 2. The Morgan fingerprint density at radius 1 is 1.32 bits per heavy atom. The Morgan fingerprint density at radius 2 is 1.91 bits per heavy atom. The number of nitrogens with one attached hydrogen (secondary N) is 1. The number of allylic oxidation sites excluding steroid dienone is 1. The fourth-order valence-corrected chi connectivity index (χ4v) is 3.73. The summed E-state index contributed by atoms with van der Waals surface area (Å²) in [5.41, 5.74) is 1.79. The molecular weight excluding hydrogens is 514 g/mol. The molecule has 1 heterocycles. The molecule has 1 saturated heterocycles. The first-order chi connectivity index (χ1) is 15.2. The number of hydrogen-bond donors (Lipinski definition) is 2. The Balaban J connectivity index is 0.00000578. The van der Waals surface area contributed by atoms with E-state index in [0.717, 1.165) is 32.3 Å². The molecule has 34 heavy (non-hydrogen) atoms. The van der Waals surface area contributed by atoms with E-state index in [1.54, 1.807) is 0 Å². The molecule has 192 valence electrons. The minimum absolute atomic E-state index is 0. The van der Waals surface area contributed by atoms with E-state index in [-0.39, 0.29) is 21.2 Å². The van der Waals surface area contributed by atoms with Gasteiger partial charge < -0.3 is 5.48 Å². The number of nitrogens with two attached hydrogens (primary N) is 1. The third-order valence-electron chi connectivity index (χ3n) is 5.51. The first-order valence-corrected chi connectivity index (χ1v) is 9.82. The summed E-state index contributed by atoms with van der Waals surface area (Å²) in [4.78, 5) is 24.1. The predicted octanol–water partition coefficient (Wildman–Crippen LogP) is 1.78. The maximum atomic E-state index is 14.3. The summed E-state index contributed by atoms with van der Waals surface area (Å²) >= 11 is 4.38. The molecule has 5 N–H and O–H groups in total. The van der Waals surface area contributed by atoms with E-state index in [1.807, 2.05) is 0 Å². The van der Waals surface area contributed by atoms with Crippen LogP contribution < -0.4 is 15.8 Å². The molecule has 0 aliphatic carbocycles. The maximum absolute atomic E-state index is 14.3.